The maximum absolute atomic E-state index is 13.3. The number of allylic oxidation sites excluding steroid dienone is 12. The second-order valence-corrected chi connectivity index (χ2v) is 16.9. The molecular formula is C54H92ClNO3. The lowest BCUT2D eigenvalue weighted by Gasteiger charge is -2.19. The summed E-state index contributed by atoms with van der Waals surface area (Å²) in [5.41, 5.74) is 0. The fourth-order valence-corrected chi connectivity index (χ4v) is 7.23. The van der Waals surface area contributed by atoms with E-state index in [4.69, 9.17) is 11.6 Å². The molecule has 0 saturated carbocycles. The van der Waals surface area contributed by atoms with E-state index in [1.54, 1.807) is 0 Å². The summed E-state index contributed by atoms with van der Waals surface area (Å²) in [6, 6.07) is 0. The SMILES string of the molecule is CCCCC/C=C\C/C=C\CCCCCCCC(=O)N(C(=O)CCCCCCC/C=C\C/C=C\CCCCC)C(=O)CCCCCCC/C=C\C/C=C\CCCCCCl. The second-order valence-electron chi connectivity index (χ2n) is 16.5. The zero-order valence-electron chi connectivity index (χ0n) is 38.6. The lowest BCUT2D eigenvalue weighted by atomic mass is 10.1. The molecule has 0 radical (unpaired) electrons. The van der Waals surface area contributed by atoms with Gasteiger partial charge in [-0.2, -0.15) is 0 Å². The lowest BCUT2D eigenvalue weighted by Crippen LogP contribution is -2.41. The summed E-state index contributed by atoms with van der Waals surface area (Å²) < 4.78 is 0. The molecule has 0 unspecified atom stereocenters. The van der Waals surface area contributed by atoms with Gasteiger partial charge in [-0.05, 0) is 122 Å². The Labute approximate surface area is 370 Å². The van der Waals surface area contributed by atoms with Gasteiger partial charge in [-0.1, -0.05) is 177 Å². The highest BCUT2D eigenvalue weighted by molar-refractivity contribution is 6.17. The molecule has 0 aliphatic heterocycles. The zero-order valence-corrected chi connectivity index (χ0v) is 39.4. The number of carbonyl (C=O) groups is 3. The van der Waals surface area contributed by atoms with Crippen molar-refractivity contribution >= 4 is 29.3 Å². The van der Waals surface area contributed by atoms with Gasteiger partial charge >= 0.3 is 0 Å². The highest BCUT2D eigenvalue weighted by Gasteiger charge is 2.27. The van der Waals surface area contributed by atoms with E-state index in [0.717, 1.165) is 158 Å². The Morgan fingerprint density at radius 3 is 0.831 bits per heavy atom. The van der Waals surface area contributed by atoms with Crippen LogP contribution in [0.25, 0.3) is 0 Å². The van der Waals surface area contributed by atoms with E-state index in [1.807, 2.05) is 0 Å². The molecule has 0 N–H and O–H groups in total. The van der Waals surface area contributed by atoms with Gasteiger partial charge in [0.05, 0.1) is 0 Å². The molecule has 338 valence electrons. The molecule has 0 heterocycles. The number of imide groups is 3. The van der Waals surface area contributed by atoms with E-state index in [1.165, 1.54) is 64.2 Å². The Kier molecular flexibility index (Phi) is 46.2. The number of alkyl halides is 1. The van der Waals surface area contributed by atoms with Crippen molar-refractivity contribution in [3.05, 3.63) is 72.9 Å². The maximum Gasteiger partial charge on any atom is 0.236 e. The maximum atomic E-state index is 13.3. The van der Waals surface area contributed by atoms with Gasteiger partial charge in [0, 0.05) is 25.1 Å². The summed E-state index contributed by atoms with van der Waals surface area (Å²) in [5, 5.41) is 0. The molecule has 0 aromatic rings. The van der Waals surface area contributed by atoms with Crippen molar-refractivity contribution in [2.24, 2.45) is 0 Å². The predicted octanol–water partition coefficient (Wildman–Crippen LogP) is 17.5. The van der Waals surface area contributed by atoms with Crippen LogP contribution in [0.3, 0.4) is 0 Å². The third-order valence-electron chi connectivity index (χ3n) is 10.8. The number of carbonyl (C=O) groups excluding carboxylic acids is 3. The molecule has 0 aromatic heterocycles. The van der Waals surface area contributed by atoms with Crippen LogP contribution in [0.4, 0.5) is 0 Å². The average molecular weight is 839 g/mol. The van der Waals surface area contributed by atoms with E-state index in [0.29, 0.717) is 0 Å². The molecule has 59 heavy (non-hydrogen) atoms. The van der Waals surface area contributed by atoms with Crippen LogP contribution < -0.4 is 0 Å². The molecule has 0 bridgehead atoms. The van der Waals surface area contributed by atoms with Crippen molar-refractivity contribution in [1.82, 2.24) is 4.90 Å². The number of hydrogen-bond donors (Lipinski definition) is 0. The molecule has 4 nitrogen and oxygen atoms in total. The predicted molar refractivity (Wildman–Crippen MR) is 260 cm³/mol. The van der Waals surface area contributed by atoms with Crippen molar-refractivity contribution in [2.45, 2.75) is 245 Å². The first-order chi connectivity index (χ1) is 29.1. The molecule has 0 aliphatic carbocycles. The van der Waals surface area contributed by atoms with Crippen molar-refractivity contribution < 1.29 is 14.4 Å². The minimum absolute atomic E-state index is 0.278. The first-order valence-electron chi connectivity index (χ1n) is 24.9. The standard InChI is InChI=1S/C54H92ClNO3/c1-3-5-7-9-11-13-15-17-20-24-28-32-36-40-44-48-52(57)56(53(58)49-45-41-37-33-29-25-21-18-16-14-12-10-8-6-4-2)54(59)50-46-42-38-34-30-26-22-19-23-27-31-35-39-43-47-51-55/h11-14,17-22,27,31H,3-10,15-16,23-26,28-30,32-51H2,1-2H3/b13-11-,14-12-,20-17-,21-18-,22-19-,31-27-. The molecule has 3 amide bonds. The van der Waals surface area contributed by atoms with Crippen LogP contribution in [-0.2, 0) is 14.4 Å². The number of unbranched alkanes of at least 4 members (excludes halogenated alkanes) is 24. The molecule has 0 aliphatic rings. The summed E-state index contributed by atoms with van der Waals surface area (Å²) in [7, 11) is 0. The molecule has 0 aromatic carbocycles. The van der Waals surface area contributed by atoms with Crippen molar-refractivity contribution in [3.8, 4) is 0 Å². The molecule has 0 fully saturated rings. The van der Waals surface area contributed by atoms with Gasteiger partial charge in [0.2, 0.25) is 17.7 Å². The molecule has 0 saturated heterocycles. The highest BCUT2D eigenvalue weighted by Crippen LogP contribution is 2.16. The number of halogens is 1. The lowest BCUT2D eigenvalue weighted by molar-refractivity contribution is -0.154. The van der Waals surface area contributed by atoms with Crippen molar-refractivity contribution in [2.75, 3.05) is 5.88 Å². The molecule has 0 spiro atoms. The number of nitrogens with zero attached hydrogens (tertiary/aromatic N) is 1. The quantitative estimate of drug-likeness (QED) is 0.0349. The normalized spacial score (nSPS) is 12.3. The largest absolute Gasteiger partial charge is 0.274 e. The van der Waals surface area contributed by atoms with Crippen molar-refractivity contribution in [1.29, 1.82) is 0 Å². The van der Waals surface area contributed by atoms with Crippen LogP contribution in [0.2, 0.25) is 0 Å². The van der Waals surface area contributed by atoms with Crippen LogP contribution in [0.5, 0.6) is 0 Å². The number of rotatable bonds is 43. The van der Waals surface area contributed by atoms with Crippen LogP contribution in [0, 0.1) is 0 Å². The zero-order chi connectivity index (χ0) is 43.0. The van der Waals surface area contributed by atoms with Crippen LogP contribution in [0.15, 0.2) is 72.9 Å². The van der Waals surface area contributed by atoms with Gasteiger partial charge in [-0.15, -0.1) is 11.6 Å². The van der Waals surface area contributed by atoms with Gasteiger partial charge in [-0.25, -0.2) is 4.90 Å². The Hall–Kier alpha value is -2.46. The highest BCUT2D eigenvalue weighted by atomic mass is 35.5. The molecule has 5 heteroatoms. The van der Waals surface area contributed by atoms with Gasteiger partial charge in [0.1, 0.15) is 0 Å². The van der Waals surface area contributed by atoms with Gasteiger partial charge in [0.25, 0.3) is 0 Å². The summed E-state index contributed by atoms with van der Waals surface area (Å²) in [5.74, 6) is -0.109. The average Bonchev–Trinajstić information content (AvgIpc) is 3.23. The Bertz CT molecular complexity index is 1070. The third-order valence-corrected chi connectivity index (χ3v) is 11.1. The molecule has 0 rings (SSSR count). The van der Waals surface area contributed by atoms with E-state index in [-0.39, 0.29) is 37.0 Å². The second kappa shape index (κ2) is 48.2. The third kappa shape index (κ3) is 42.0. The fourth-order valence-electron chi connectivity index (χ4n) is 7.04. The topological polar surface area (TPSA) is 54.5 Å². The Morgan fingerprint density at radius 1 is 0.322 bits per heavy atom. The molecule has 0 atom stereocenters. The van der Waals surface area contributed by atoms with E-state index in [2.05, 4.69) is 86.8 Å². The van der Waals surface area contributed by atoms with Gasteiger partial charge in [-0.3, -0.25) is 14.4 Å². The number of amides is 3. The molecular weight excluding hydrogens is 746 g/mol. The van der Waals surface area contributed by atoms with Gasteiger partial charge < -0.3 is 0 Å². The van der Waals surface area contributed by atoms with Crippen molar-refractivity contribution in [3.63, 3.8) is 0 Å². The van der Waals surface area contributed by atoms with Gasteiger partial charge in [0.15, 0.2) is 0 Å². The summed E-state index contributed by atoms with van der Waals surface area (Å²) in [4.78, 5) is 41.1. The number of hydrogen-bond acceptors (Lipinski definition) is 3. The summed E-state index contributed by atoms with van der Waals surface area (Å²) in [6.45, 7) is 4.48. The van der Waals surface area contributed by atoms with Crippen LogP contribution in [0.1, 0.15) is 245 Å². The van der Waals surface area contributed by atoms with E-state index in [9.17, 15) is 14.4 Å². The Balaban J connectivity index is 4.54. The minimum Gasteiger partial charge on any atom is -0.274 e. The Morgan fingerprint density at radius 2 is 0.559 bits per heavy atom. The van der Waals surface area contributed by atoms with Crippen LogP contribution in [-0.4, -0.2) is 28.5 Å². The smallest absolute Gasteiger partial charge is 0.236 e. The van der Waals surface area contributed by atoms with E-state index < -0.39 is 0 Å². The monoisotopic (exact) mass is 838 g/mol. The fraction of sp³-hybridized carbons (Fsp3) is 0.722. The van der Waals surface area contributed by atoms with E-state index >= 15 is 0 Å². The van der Waals surface area contributed by atoms with Crippen LogP contribution >= 0.6 is 11.6 Å². The minimum atomic E-state index is -0.291. The first-order valence-corrected chi connectivity index (χ1v) is 25.5. The summed E-state index contributed by atoms with van der Waals surface area (Å²) in [6.07, 6.45) is 64.4. The summed E-state index contributed by atoms with van der Waals surface area (Å²) >= 11 is 5.73. The first kappa shape index (κ1) is 56.5.